The van der Waals surface area contributed by atoms with Crippen molar-refractivity contribution in [3.63, 3.8) is 0 Å². The summed E-state index contributed by atoms with van der Waals surface area (Å²) in [6.45, 7) is 7.28. The first-order valence-corrected chi connectivity index (χ1v) is 8.71. The molecule has 1 saturated heterocycles. The maximum atomic E-state index is 10.9. The Hall–Kier alpha value is -1.37. The van der Waals surface area contributed by atoms with Crippen molar-refractivity contribution in [3.05, 3.63) is 32.8 Å². The highest BCUT2D eigenvalue weighted by Crippen LogP contribution is 2.34. The molecular weight excluding hydrogens is 330 g/mol. The van der Waals surface area contributed by atoms with E-state index < -0.39 is 4.92 Å². The Kier molecular flexibility index (Phi) is 6.43. The zero-order valence-corrected chi connectivity index (χ0v) is 15.3. The van der Waals surface area contributed by atoms with Crippen LogP contribution in [0, 0.1) is 23.0 Å². The van der Waals surface area contributed by atoms with Crippen LogP contribution in [0.1, 0.15) is 25.3 Å². The summed E-state index contributed by atoms with van der Waals surface area (Å²) < 4.78 is 0. The number of nitro groups is 1. The summed E-state index contributed by atoms with van der Waals surface area (Å²) in [4.78, 5) is 14.9. The van der Waals surface area contributed by atoms with E-state index in [1.165, 1.54) is 6.07 Å². The number of hydrogen-bond donors (Lipinski definition) is 1. The lowest BCUT2D eigenvalue weighted by Gasteiger charge is -2.35. The number of piperidine rings is 1. The van der Waals surface area contributed by atoms with Crippen LogP contribution in [0.25, 0.3) is 0 Å². The minimum absolute atomic E-state index is 0.0288. The molecular formula is C17H26ClN3O3. The highest BCUT2D eigenvalue weighted by molar-refractivity contribution is 6.33. The van der Waals surface area contributed by atoms with Crippen LogP contribution in [0.2, 0.25) is 5.02 Å². The number of non-ortho nitro benzene ring substituents is 1. The molecule has 0 aliphatic carbocycles. The molecule has 1 unspecified atom stereocenters. The van der Waals surface area contributed by atoms with E-state index in [1.807, 2.05) is 20.9 Å². The number of halogens is 1. The Labute approximate surface area is 148 Å². The third kappa shape index (κ3) is 4.82. The van der Waals surface area contributed by atoms with Crippen LogP contribution in [0.15, 0.2) is 12.1 Å². The second-order valence-electron chi connectivity index (χ2n) is 6.82. The first-order valence-electron chi connectivity index (χ1n) is 8.34. The number of aliphatic hydroxyl groups excluding tert-OH is 1. The van der Waals surface area contributed by atoms with E-state index in [9.17, 15) is 15.2 Å². The monoisotopic (exact) mass is 355 g/mol. The van der Waals surface area contributed by atoms with Crippen molar-refractivity contribution in [2.24, 2.45) is 5.92 Å². The molecule has 0 radical (unpaired) electrons. The molecule has 1 aromatic carbocycles. The minimum Gasteiger partial charge on any atom is -0.392 e. The van der Waals surface area contributed by atoms with Crippen LogP contribution in [0.5, 0.6) is 0 Å². The molecule has 0 saturated carbocycles. The molecule has 0 aromatic heterocycles. The Bertz CT molecular complexity index is 563. The normalized spacial score (nSPS) is 17.7. The zero-order chi connectivity index (χ0) is 17.9. The standard InChI is InChI=1S/C17H26ClN3O3/c1-12-8-15(21(23)24)9-16(18)17(12)19(3)11-14-4-6-20(7-5-14)10-13(2)22/h8-9,13-14,22H,4-7,10-11H2,1-3H3. The minimum atomic E-state index is -0.416. The third-order valence-corrected chi connectivity index (χ3v) is 4.88. The van der Waals surface area contributed by atoms with Crippen molar-refractivity contribution >= 4 is 23.0 Å². The largest absolute Gasteiger partial charge is 0.392 e. The van der Waals surface area contributed by atoms with E-state index in [1.54, 1.807) is 6.07 Å². The summed E-state index contributed by atoms with van der Waals surface area (Å²) >= 11 is 6.29. The number of nitrogens with zero attached hydrogens (tertiary/aromatic N) is 3. The van der Waals surface area contributed by atoms with Crippen molar-refractivity contribution in [1.29, 1.82) is 0 Å². The average Bonchev–Trinajstić information content (AvgIpc) is 2.47. The van der Waals surface area contributed by atoms with E-state index in [0.29, 0.717) is 10.9 Å². The SMILES string of the molecule is Cc1cc([N+](=O)[O-])cc(Cl)c1N(C)CC1CCN(CC(C)O)CC1. The number of aryl methyl sites for hydroxylation is 1. The first-order chi connectivity index (χ1) is 11.3. The molecule has 1 aromatic rings. The van der Waals surface area contributed by atoms with Crippen LogP contribution in [-0.2, 0) is 0 Å². The van der Waals surface area contributed by atoms with Gasteiger partial charge in [0.2, 0.25) is 0 Å². The highest BCUT2D eigenvalue weighted by Gasteiger charge is 2.23. The summed E-state index contributed by atoms with van der Waals surface area (Å²) in [5.41, 5.74) is 1.72. The Morgan fingerprint density at radius 1 is 1.46 bits per heavy atom. The van der Waals surface area contributed by atoms with Gasteiger partial charge >= 0.3 is 0 Å². The summed E-state index contributed by atoms with van der Waals surface area (Å²) in [6.07, 6.45) is 1.88. The topological polar surface area (TPSA) is 69.9 Å². The number of anilines is 1. The number of rotatable bonds is 6. The van der Waals surface area contributed by atoms with Gasteiger partial charge in [-0.15, -0.1) is 0 Å². The summed E-state index contributed by atoms with van der Waals surface area (Å²) in [5, 5.41) is 20.8. The molecule has 1 atom stereocenters. The Morgan fingerprint density at radius 3 is 2.58 bits per heavy atom. The van der Waals surface area contributed by atoms with Crippen LogP contribution in [0.3, 0.4) is 0 Å². The van der Waals surface area contributed by atoms with E-state index in [-0.39, 0.29) is 11.8 Å². The number of β-amino-alcohol motifs (C(OH)–C–C–N with tert-alkyl or cyclic N) is 1. The molecule has 6 nitrogen and oxygen atoms in total. The van der Waals surface area contributed by atoms with E-state index in [2.05, 4.69) is 9.80 Å². The van der Waals surface area contributed by atoms with Crippen molar-refractivity contribution < 1.29 is 10.0 Å². The molecule has 0 amide bonds. The van der Waals surface area contributed by atoms with Crippen molar-refractivity contribution in [1.82, 2.24) is 4.90 Å². The predicted octanol–water partition coefficient (Wildman–Crippen LogP) is 3.09. The number of likely N-dealkylation sites (tertiary alicyclic amines) is 1. The smallest absolute Gasteiger partial charge is 0.271 e. The van der Waals surface area contributed by atoms with Gasteiger partial charge in [0.25, 0.3) is 5.69 Å². The maximum absolute atomic E-state index is 10.9. The molecule has 1 heterocycles. The van der Waals surface area contributed by atoms with Gasteiger partial charge in [0.1, 0.15) is 0 Å². The predicted molar refractivity (Wildman–Crippen MR) is 97.0 cm³/mol. The summed E-state index contributed by atoms with van der Waals surface area (Å²) in [6, 6.07) is 2.99. The Balaban J connectivity index is 1.98. The molecule has 1 aliphatic rings. The summed E-state index contributed by atoms with van der Waals surface area (Å²) in [5.74, 6) is 0.561. The lowest BCUT2D eigenvalue weighted by Crippen LogP contribution is -2.40. The van der Waals surface area contributed by atoms with Gasteiger partial charge in [-0.2, -0.15) is 0 Å². The number of hydrogen-bond acceptors (Lipinski definition) is 5. The van der Waals surface area contributed by atoms with Gasteiger partial charge in [-0.3, -0.25) is 10.1 Å². The fourth-order valence-electron chi connectivity index (χ4n) is 3.51. The van der Waals surface area contributed by atoms with E-state index in [4.69, 9.17) is 11.6 Å². The van der Waals surface area contributed by atoms with E-state index in [0.717, 1.165) is 50.3 Å². The molecule has 134 valence electrons. The fourth-order valence-corrected chi connectivity index (χ4v) is 3.92. The van der Waals surface area contributed by atoms with Gasteiger partial charge in [0.15, 0.2) is 0 Å². The molecule has 7 heteroatoms. The van der Waals surface area contributed by atoms with Crippen molar-refractivity contribution in [2.75, 3.05) is 38.1 Å². The Morgan fingerprint density at radius 2 is 2.08 bits per heavy atom. The van der Waals surface area contributed by atoms with E-state index >= 15 is 0 Å². The van der Waals surface area contributed by atoms with Crippen LogP contribution >= 0.6 is 11.6 Å². The fraction of sp³-hybridized carbons (Fsp3) is 0.647. The second kappa shape index (κ2) is 8.14. The zero-order valence-electron chi connectivity index (χ0n) is 14.5. The van der Waals surface area contributed by atoms with Gasteiger partial charge in [0, 0.05) is 32.3 Å². The van der Waals surface area contributed by atoms with Gasteiger partial charge in [0.05, 0.1) is 21.7 Å². The highest BCUT2D eigenvalue weighted by atomic mass is 35.5. The van der Waals surface area contributed by atoms with Gasteiger partial charge < -0.3 is 14.9 Å². The summed E-state index contributed by atoms with van der Waals surface area (Å²) in [7, 11) is 1.99. The van der Waals surface area contributed by atoms with Crippen LogP contribution in [-0.4, -0.2) is 54.3 Å². The maximum Gasteiger partial charge on any atom is 0.271 e. The average molecular weight is 356 g/mol. The number of nitro benzene ring substituents is 1. The molecule has 1 fully saturated rings. The number of benzene rings is 1. The van der Waals surface area contributed by atoms with Crippen molar-refractivity contribution in [2.45, 2.75) is 32.8 Å². The molecule has 24 heavy (non-hydrogen) atoms. The van der Waals surface area contributed by atoms with Crippen LogP contribution < -0.4 is 4.90 Å². The first kappa shape index (κ1) is 19.0. The molecule has 0 bridgehead atoms. The molecule has 1 N–H and O–H groups in total. The molecule has 0 spiro atoms. The quantitative estimate of drug-likeness (QED) is 0.627. The van der Waals surface area contributed by atoms with Crippen LogP contribution in [0.4, 0.5) is 11.4 Å². The van der Waals surface area contributed by atoms with Gasteiger partial charge in [-0.25, -0.2) is 0 Å². The lowest BCUT2D eigenvalue weighted by atomic mass is 9.95. The molecule has 2 rings (SSSR count). The van der Waals surface area contributed by atoms with Gasteiger partial charge in [-0.1, -0.05) is 11.6 Å². The van der Waals surface area contributed by atoms with Crippen molar-refractivity contribution in [3.8, 4) is 0 Å². The number of aliphatic hydroxyl groups is 1. The third-order valence-electron chi connectivity index (χ3n) is 4.59. The lowest BCUT2D eigenvalue weighted by molar-refractivity contribution is -0.384. The second-order valence-corrected chi connectivity index (χ2v) is 7.23. The van der Waals surface area contributed by atoms with Gasteiger partial charge in [-0.05, 0) is 51.3 Å². The molecule has 1 aliphatic heterocycles.